The SMILES string of the molecule is Cc1cccc(-c2c(C(C)C)c(=O)[nH]c(=S=[Se])n2COCCO)c1. The molecular weight excluding hydrogens is 391 g/mol. The predicted octanol–water partition coefficient (Wildman–Crippen LogP) is 2.59. The van der Waals surface area contributed by atoms with E-state index in [2.05, 4.69) is 25.4 Å². The number of ether oxygens (including phenoxy) is 1. The van der Waals surface area contributed by atoms with Crippen molar-refractivity contribution in [3.05, 3.63) is 50.5 Å². The minimum absolute atomic E-state index is 0.0402. The van der Waals surface area contributed by atoms with E-state index < -0.39 is 0 Å². The summed E-state index contributed by atoms with van der Waals surface area (Å²) in [6.45, 7) is 6.50. The first-order valence-electron chi connectivity index (χ1n) is 7.75. The Morgan fingerprint density at radius 3 is 2.75 bits per heavy atom. The van der Waals surface area contributed by atoms with E-state index in [-0.39, 0.29) is 31.4 Å². The van der Waals surface area contributed by atoms with Crippen LogP contribution in [0.3, 0.4) is 0 Å². The summed E-state index contributed by atoms with van der Waals surface area (Å²) < 4.78 is 8.17. The predicted molar refractivity (Wildman–Crippen MR) is 98.9 cm³/mol. The molecular formula is C17H22N2O3SSe. The summed E-state index contributed by atoms with van der Waals surface area (Å²) in [5, 5.41) is 8.98. The van der Waals surface area contributed by atoms with Crippen LogP contribution < -0.4 is 5.56 Å². The van der Waals surface area contributed by atoms with Gasteiger partial charge in [-0.1, -0.05) is 0 Å². The Hall–Kier alpha value is -1.24. The normalized spacial score (nSPS) is 11.0. The van der Waals surface area contributed by atoms with Crippen molar-refractivity contribution in [2.24, 2.45) is 0 Å². The molecule has 2 aromatic rings. The van der Waals surface area contributed by atoms with E-state index >= 15 is 0 Å². The molecule has 7 heteroatoms. The van der Waals surface area contributed by atoms with Crippen LogP contribution in [-0.4, -0.2) is 42.3 Å². The van der Waals surface area contributed by atoms with Gasteiger partial charge < -0.3 is 0 Å². The third-order valence-corrected chi connectivity index (χ3v) is 5.11. The first-order valence-corrected chi connectivity index (χ1v) is 10.6. The first-order chi connectivity index (χ1) is 11.5. The van der Waals surface area contributed by atoms with Gasteiger partial charge in [-0.25, -0.2) is 0 Å². The van der Waals surface area contributed by atoms with Crippen molar-refractivity contribution in [2.45, 2.75) is 33.4 Å². The summed E-state index contributed by atoms with van der Waals surface area (Å²) in [5.74, 6) is 0.0632. The Morgan fingerprint density at radius 2 is 2.17 bits per heavy atom. The van der Waals surface area contributed by atoms with E-state index in [1.807, 2.05) is 43.5 Å². The van der Waals surface area contributed by atoms with Crippen molar-refractivity contribution in [2.75, 3.05) is 13.2 Å². The summed E-state index contributed by atoms with van der Waals surface area (Å²) in [6.07, 6.45) is 0. The maximum atomic E-state index is 12.6. The van der Waals surface area contributed by atoms with Crippen LogP contribution in [0.5, 0.6) is 0 Å². The zero-order valence-electron chi connectivity index (χ0n) is 14.0. The number of rotatable bonds is 6. The van der Waals surface area contributed by atoms with Crippen LogP contribution in [0.4, 0.5) is 0 Å². The number of aromatic amines is 1. The second-order valence-electron chi connectivity index (χ2n) is 5.82. The van der Waals surface area contributed by atoms with Crippen LogP contribution in [0.15, 0.2) is 29.1 Å². The number of nitrogens with one attached hydrogen (secondary N) is 1. The summed E-state index contributed by atoms with van der Waals surface area (Å²) in [7, 11) is 1.34. The molecule has 130 valence electrons. The third kappa shape index (κ3) is 4.23. The van der Waals surface area contributed by atoms with Gasteiger partial charge in [0, 0.05) is 0 Å². The molecule has 2 rings (SSSR count). The van der Waals surface area contributed by atoms with Gasteiger partial charge in [-0.05, 0) is 0 Å². The average Bonchev–Trinajstić information content (AvgIpc) is 2.55. The number of aromatic nitrogens is 2. The molecule has 1 heterocycles. The summed E-state index contributed by atoms with van der Waals surface area (Å²) in [5.41, 5.74) is 3.60. The second-order valence-corrected chi connectivity index (χ2v) is 7.42. The number of hydrogen-bond acceptors (Lipinski definition) is 3. The topological polar surface area (TPSA) is 67.2 Å². The van der Waals surface area contributed by atoms with Crippen molar-refractivity contribution in [1.82, 2.24) is 9.55 Å². The Labute approximate surface area is 151 Å². The van der Waals surface area contributed by atoms with E-state index in [9.17, 15) is 4.79 Å². The molecule has 0 amide bonds. The molecule has 0 aliphatic carbocycles. The number of aliphatic hydroxyl groups excluding tert-OH is 1. The minimum atomic E-state index is -0.0855. The molecule has 24 heavy (non-hydrogen) atoms. The van der Waals surface area contributed by atoms with Gasteiger partial charge in [0.1, 0.15) is 0 Å². The number of nitrogens with zero attached hydrogens (tertiary/aromatic N) is 1. The van der Waals surface area contributed by atoms with Gasteiger partial charge in [0.25, 0.3) is 0 Å². The Morgan fingerprint density at radius 1 is 1.42 bits per heavy atom. The molecule has 0 unspecified atom stereocenters. The van der Waals surface area contributed by atoms with Crippen molar-refractivity contribution in [3.63, 3.8) is 0 Å². The van der Waals surface area contributed by atoms with Crippen LogP contribution in [0, 0.1) is 11.7 Å². The molecule has 0 atom stereocenters. The molecule has 0 saturated heterocycles. The zero-order chi connectivity index (χ0) is 17.7. The van der Waals surface area contributed by atoms with Gasteiger partial charge in [-0.15, -0.1) is 0 Å². The second kappa shape index (κ2) is 8.74. The number of H-pyrrole nitrogens is 1. The zero-order valence-corrected chi connectivity index (χ0v) is 16.6. The van der Waals surface area contributed by atoms with Crippen LogP contribution in [0.2, 0.25) is 0 Å². The van der Waals surface area contributed by atoms with E-state index in [4.69, 9.17) is 9.84 Å². The molecule has 0 bridgehead atoms. The van der Waals surface area contributed by atoms with Gasteiger partial charge >= 0.3 is 151 Å². The van der Waals surface area contributed by atoms with E-state index in [1.165, 1.54) is 9.27 Å². The fraction of sp³-hybridized carbons (Fsp3) is 0.412. The molecule has 5 nitrogen and oxygen atoms in total. The molecule has 0 aliphatic heterocycles. The van der Waals surface area contributed by atoms with E-state index in [0.29, 0.717) is 4.77 Å². The van der Waals surface area contributed by atoms with Gasteiger partial charge in [-0.2, -0.15) is 0 Å². The van der Waals surface area contributed by atoms with E-state index in [1.54, 1.807) is 0 Å². The molecule has 0 aliphatic rings. The number of aliphatic hydroxyl groups is 1. The molecule has 1 aromatic heterocycles. The van der Waals surface area contributed by atoms with Gasteiger partial charge in [0.15, 0.2) is 0 Å². The van der Waals surface area contributed by atoms with Crippen molar-refractivity contribution in [3.8, 4) is 11.3 Å². The first kappa shape index (κ1) is 19.1. The molecule has 0 fully saturated rings. The third-order valence-electron chi connectivity index (χ3n) is 3.64. The Kier molecular flexibility index (Phi) is 6.95. The summed E-state index contributed by atoms with van der Waals surface area (Å²) in [4.78, 5) is 15.5. The van der Waals surface area contributed by atoms with Crippen LogP contribution in [0.25, 0.3) is 11.3 Å². The Balaban J connectivity index is 2.82. The van der Waals surface area contributed by atoms with Crippen molar-refractivity contribution in [1.29, 1.82) is 0 Å². The van der Waals surface area contributed by atoms with Crippen LogP contribution >= 0.6 is 9.27 Å². The van der Waals surface area contributed by atoms with Crippen molar-refractivity contribution >= 4 is 23.7 Å². The summed E-state index contributed by atoms with van der Waals surface area (Å²) in [6, 6.07) is 8.09. The fourth-order valence-electron chi connectivity index (χ4n) is 2.64. The monoisotopic (exact) mass is 414 g/mol. The molecule has 0 radical (unpaired) electrons. The fourth-order valence-corrected chi connectivity index (χ4v) is 3.83. The molecule has 0 saturated carbocycles. The van der Waals surface area contributed by atoms with Crippen molar-refractivity contribution < 1.29 is 9.84 Å². The summed E-state index contributed by atoms with van der Waals surface area (Å²) >= 11 is 2.88. The Bertz CT molecular complexity index is 867. The van der Waals surface area contributed by atoms with Crippen LogP contribution in [0.1, 0.15) is 30.9 Å². The molecule has 1 aromatic carbocycles. The van der Waals surface area contributed by atoms with E-state index in [0.717, 1.165) is 22.4 Å². The van der Waals surface area contributed by atoms with Gasteiger partial charge in [-0.3, -0.25) is 0 Å². The number of benzene rings is 1. The maximum absolute atomic E-state index is 12.6. The number of aryl methyl sites for hydroxylation is 1. The standard InChI is InChI=1S/C17H22N2O3SSe/c1-11(2)14-15(13-6-4-5-12(3)9-13)19(10-22-8-7-20)17(23-24)18-16(14)21/h4-6,9,11,20H,7-8,10H2,1-3H3,(H,18,21). The van der Waals surface area contributed by atoms with Gasteiger partial charge in [0.2, 0.25) is 0 Å². The quantitative estimate of drug-likeness (QED) is 0.435. The molecule has 2 N–H and O–H groups in total. The average molecular weight is 413 g/mol. The number of hydrogen-bond donors (Lipinski definition) is 2. The van der Waals surface area contributed by atoms with Gasteiger partial charge in [0.05, 0.1) is 0 Å². The van der Waals surface area contributed by atoms with Crippen LogP contribution in [-0.2, 0) is 11.5 Å². The molecule has 0 spiro atoms.